The molecule has 1 saturated heterocycles. The van der Waals surface area contributed by atoms with Crippen LogP contribution < -0.4 is 0 Å². The van der Waals surface area contributed by atoms with Crippen LogP contribution in [0.15, 0.2) is 5.16 Å². The number of ketones is 1. The summed E-state index contributed by atoms with van der Waals surface area (Å²) in [6.45, 7) is 2.08. The molecule has 0 aromatic rings. The molecular weight excluding hydrogens is 292 g/mol. The Kier molecular flexibility index (Phi) is 3.33. The molecule has 3 aliphatic carbocycles. The topological polar surface area (TPSA) is 70.0 Å². The molecule has 4 rings (SSSR count). The van der Waals surface area contributed by atoms with Crippen molar-refractivity contribution in [2.24, 2.45) is 34.2 Å². The molecule has 5 heteroatoms. The summed E-state index contributed by atoms with van der Waals surface area (Å²) in [4.78, 5) is 26.6. The summed E-state index contributed by atoms with van der Waals surface area (Å²) in [5.41, 5.74) is 0.0580. The van der Waals surface area contributed by atoms with Crippen LogP contribution in [0.4, 0.5) is 0 Å². The Balaban J connectivity index is 1.63. The average Bonchev–Trinajstić information content (AvgIpc) is 2.82. The normalized spacial score (nSPS) is 48.2. The van der Waals surface area contributed by atoms with Crippen molar-refractivity contribution >= 4 is 17.4 Å². The minimum atomic E-state index is -0.327. The number of fused-ring (bicyclic) bond motifs is 5. The zero-order valence-electron chi connectivity index (χ0n) is 14.0. The highest BCUT2D eigenvalue weighted by Crippen LogP contribution is 2.59. The third-order valence-corrected chi connectivity index (χ3v) is 7.62. The quantitative estimate of drug-likeness (QED) is 0.551. The highest BCUT2D eigenvalue weighted by molar-refractivity contribution is 6.43. The van der Waals surface area contributed by atoms with Gasteiger partial charge in [0.05, 0.1) is 0 Å². The van der Waals surface area contributed by atoms with Gasteiger partial charge in [0.1, 0.15) is 5.71 Å². The Morgan fingerprint density at radius 3 is 2.65 bits per heavy atom. The van der Waals surface area contributed by atoms with Gasteiger partial charge in [-0.3, -0.25) is 9.59 Å². The maximum absolute atomic E-state index is 12.6. The van der Waals surface area contributed by atoms with Gasteiger partial charge >= 0.3 is 0 Å². The first-order valence-corrected chi connectivity index (χ1v) is 8.98. The molecular formula is C18H26N2O3. The molecule has 1 N–H and O–H groups in total. The molecule has 1 aliphatic heterocycles. The molecule has 0 bridgehead atoms. The van der Waals surface area contributed by atoms with Gasteiger partial charge in [0, 0.05) is 31.3 Å². The van der Waals surface area contributed by atoms with Crippen LogP contribution in [-0.2, 0) is 9.59 Å². The van der Waals surface area contributed by atoms with Gasteiger partial charge in [-0.1, -0.05) is 12.1 Å². The van der Waals surface area contributed by atoms with E-state index in [1.165, 1.54) is 0 Å². The monoisotopic (exact) mass is 318 g/mol. The highest BCUT2D eigenvalue weighted by Gasteiger charge is 2.59. The largest absolute Gasteiger partial charge is 0.411 e. The molecule has 3 saturated carbocycles. The third-order valence-electron chi connectivity index (χ3n) is 7.62. The summed E-state index contributed by atoms with van der Waals surface area (Å²) in [5, 5.41) is 12.5. The van der Waals surface area contributed by atoms with Crippen molar-refractivity contribution in [2.45, 2.75) is 57.9 Å². The van der Waals surface area contributed by atoms with Crippen LogP contribution in [0.25, 0.3) is 0 Å². The Hall–Kier alpha value is -1.39. The molecule has 1 heterocycles. The number of hydrogen-bond donors (Lipinski definition) is 1. The zero-order valence-corrected chi connectivity index (χ0v) is 14.0. The minimum absolute atomic E-state index is 0.0708. The van der Waals surface area contributed by atoms with Crippen LogP contribution in [0.2, 0.25) is 0 Å². The van der Waals surface area contributed by atoms with Crippen molar-refractivity contribution in [2.75, 3.05) is 7.05 Å². The number of rotatable bonds is 0. The van der Waals surface area contributed by atoms with Gasteiger partial charge in [-0.15, -0.1) is 0 Å². The van der Waals surface area contributed by atoms with Gasteiger partial charge in [-0.25, -0.2) is 0 Å². The van der Waals surface area contributed by atoms with Gasteiger partial charge < -0.3 is 10.1 Å². The summed E-state index contributed by atoms with van der Waals surface area (Å²) in [7, 11) is 1.96. The van der Waals surface area contributed by atoms with Crippen molar-refractivity contribution < 1.29 is 14.8 Å². The minimum Gasteiger partial charge on any atom is -0.411 e. The van der Waals surface area contributed by atoms with Crippen molar-refractivity contribution in [3.05, 3.63) is 0 Å². The molecule has 3 unspecified atom stereocenters. The van der Waals surface area contributed by atoms with Crippen LogP contribution in [0.1, 0.15) is 51.9 Å². The average molecular weight is 318 g/mol. The summed E-state index contributed by atoms with van der Waals surface area (Å²) in [5.74, 6) is 2.43. The Bertz CT molecular complexity index is 587. The fourth-order valence-electron chi connectivity index (χ4n) is 6.36. The van der Waals surface area contributed by atoms with E-state index in [9.17, 15) is 9.59 Å². The van der Waals surface area contributed by atoms with E-state index in [1.54, 1.807) is 0 Å². The number of nitrogens with zero attached hydrogens (tertiary/aromatic N) is 2. The van der Waals surface area contributed by atoms with E-state index in [2.05, 4.69) is 12.1 Å². The van der Waals surface area contributed by atoms with Gasteiger partial charge in [-0.05, 0) is 55.8 Å². The number of piperidine rings is 1. The first-order chi connectivity index (χ1) is 11.0. The molecule has 4 aliphatic rings. The SMILES string of the molecule is CN1C(=O)CC[C@@H]2C3CC[C@]4(C)C(=O)/C(=N/O)CC4C3CC[C@H]21. The highest BCUT2D eigenvalue weighted by atomic mass is 16.4. The predicted octanol–water partition coefficient (Wildman–Crippen LogP) is 2.47. The number of carbonyl (C=O) groups excluding carboxylic acids is 2. The molecule has 6 atom stereocenters. The summed E-state index contributed by atoms with van der Waals surface area (Å²) < 4.78 is 0. The number of hydrogen-bond acceptors (Lipinski definition) is 4. The predicted molar refractivity (Wildman–Crippen MR) is 85.2 cm³/mol. The molecule has 126 valence electrons. The van der Waals surface area contributed by atoms with Crippen LogP contribution in [0.3, 0.4) is 0 Å². The maximum atomic E-state index is 12.6. The van der Waals surface area contributed by atoms with E-state index in [1.807, 2.05) is 11.9 Å². The van der Waals surface area contributed by atoms with Crippen LogP contribution >= 0.6 is 0 Å². The van der Waals surface area contributed by atoms with Crippen LogP contribution in [-0.4, -0.2) is 40.6 Å². The molecule has 23 heavy (non-hydrogen) atoms. The van der Waals surface area contributed by atoms with Crippen molar-refractivity contribution in [3.8, 4) is 0 Å². The zero-order chi connectivity index (χ0) is 16.4. The fourth-order valence-corrected chi connectivity index (χ4v) is 6.36. The number of oxime groups is 1. The lowest BCUT2D eigenvalue weighted by molar-refractivity contribution is -0.145. The summed E-state index contributed by atoms with van der Waals surface area (Å²) >= 11 is 0. The maximum Gasteiger partial charge on any atom is 0.222 e. The Morgan fingerprint density at radius 2 is 1.91 bits per heavy atom. The van der Waals surface area contributed by atoms with E-state index in [0.29, 0.717) is 48.3 Å². The fraction of sp³-hybridized carbons (Fsp3) is 0.833. The third kappa shape index (κ3) is 1.94. The Morgan fingerprint density at radius 1 is 1.13 bits per heavy atom. The number of likely N-dealkylation sites (tertiary alicyclic amines) is 1. The summed E-state index contributed by atoms with van der Waals surface area (Å²) in [6.07, 6.45) is 6.44. The second kappa shape index (κ2) is 5.05. The van der Waals surface area contributed by atoms with E-state index < -0.39 is 0 Å². The van der Waals surface area contributed by atoms with Crippen LogP contribution in [0.5, 0.6) is 0 Å². The first kappa shape index (κ1) is 15.2. The molecule has 5 nitrogen and oxygen atoms in total. The second-order valence-electron chi connectivity index (χ2n) is 8.32. The van der Waals surface area contributed by atoms with Crippen molar-refractivity contribution in [1.29, 1.82) is 0 Å². The van der Waals surface area contributed by atoms with Crippen molar-refractivity contribution in [1.82, 2.24) is 4.90 Å². The van der Waals surface area contributed by atoms with Crippen LogP contribution in [0, 0.1) is 29.1 Å². The standard InChI is InChI=1S/C18H26N2O3/c1-18-8-7-10-11(13(18)9-14(19-23)17(18)22)3-5-15-12(10)4-6-16(21)20(15)2/h10-13,15,23H,3-9H2,1-2H3/b19-14+/t10?,11?,12-,13?,15-,18+/m1/s1. The van der Waals surface area contributed by atoms with E-state index >= 15 is 0 Å². The molecule has 0 radical (unpaired) electrons. The van der Waals surface area contributed by atoms with E-state index in [0.717, 1.165) is 32.1 Å². The molecule has 0 aromatic heterocycles. The number of amides is 1. The van der Waals surface area contributed by atoms with E-state index in [-0.39, 0.29) is 17.1 Å². The van der Waals surface area contributed by atoms with Gasteiger partial charge in [0.15, 0.2) is 5.78 Å². The van der Waals surface area contributed by atoms with Gasteiger partial charge in [0.2, 0.25) is 5.91 Å². The van der Waals surface area contributed by atoms with Crippen molar-refractivity contribution in [3.63, 3.8) is 0 Å². The number of carbonyl (C=O) groups is 2. The molecule has 0 aromatic carbocycles. The lowest BCUT2D eigenvalue weighted by Gasteiger charge is -2.55. The second-order valence-corrected chi connectivity index (χ2v) is 8.32. The first-order valence-electron chi connectivity index (χ1n) is 8.98. The summed E-state index contributed by atoms with van der Waals surface area (Å²) in [6, 6.07) is 0.393. The van der Waals surface area contributed by atoms with Gasteiger partial charge in [-0.2, -0.15) is 0 Å². The Labute approximate surface area is 137 Å². The lowest BCUT2D eigenvalue weighted by Crippen LogP contribution is -2.56. The lowest BCUT2D eigenvalue weighted by atomic mass is 9.52. The molecule has 0 spiro atoms. The van der Waals surface area contributed by atoms with Gasteiger partial charge in [0.25, 0.3) is 0 Å². The number of Topliss-reactive ketones (excluding diaryl/α,β-unsaturated/α-hetero) is 1. The molecule has 4 fully saturated rings. The molecule has 1 amide bonds. The smallest absolute Gasteiger partial charge is 0.222 e. The van der Waals surface area contributed by atoms with E-state index in [4.69, 9.17) is 5.21 Å².